The molecule has 22 heavy (non-hydrogen) atoms. The van der Waals surface area contributed by atoms with Gasteiger partial charge in [-0.3, -0.25) is 4.99 Å². The fourth-order valence-corrected chi connectivity index (χ4v) is 2.27. The Balaban J connectivity index is 2.54. The standard InChI is InChI=1S/C17H29N3O2/c1-5-20(6-2)17(18)19-12-8-9-14-10-11-15(21-4)16(13-14)22-7-3/h10-11,13H,5-9,12H2,1-4H3,(H2,18,19). The van der Waals surface area contributed by atoms with Crippen LogP contribution in [0.5, 0.6) is 11.5 Å². The normalized spacial score (nSPS) is 11.4. The van der Waals surface area contributed by atoms with Gasteiger partial charge in [-0.2, -0.15) is 0 Å². The minimum Gasteiger partial charge on any atom is -0.493 e. The molecule has 0 heterocycles. The molecule has 0 fully saturated rings. The minimum atomic E-state index is 0.629. The average Bonchev–Trinajstić information content (AvgIpc) is 2.53. The Kier molecular flexibility index (Phi) is 8.18. The van der Waals surface area contributed by atoms with Crippen LogP contribution in [-0.2, 0) is 6.42 Å². The van der Waals surface area contributed by atoms with Gasteiger partial charge < -0.3 is 20.1 Å². The van der Waals surface area contributed by atoms with Crippen molar-refractivity contribution in [3.05, 3.63) is 23.8 Å². The highest BCUT2D eigenvalue weighted by Crippen LogP contribution is 2.28. The number of aliphatic imine (C=N–C) groups is 1. The second-order valence-corrected chi connectivity index (χ2v) is 4.93. The lowest BCUT2D eigenvalue weighted by molar-refractivity contribution is 0.310. The molecule has 0 saturated heterocycles. The van der Waals surface area contributed by atoms with Gasteiger partial charge in [0.05, 0.1) is 13.7 Å². The Bertz CT molecular complexity index is 471. The Morgan fingerprint density at radius 3 is 2.50 bits per heavy atom. The molecule has 1 rings (SSSR count). The molecular weight excluding hydrogens is 278 g/mol. The van der Waals surface area contributed by atoms with Gasteiger partial charge >= 0.3 is 0 Å². The lowest BCUT2D eigenvalue weighted by Gasteiger charge is -2.19. The van der Waals surface area contributed by atoms with Crippen molar-refractivity contribution >= 4 is 5.96 Å². The molecule has 5 nitrogen and oxygen atoms in total. The molecule has 0 amide bonds. The topological polar surface area (TPSA) is 60.1 Å². The predicted octanol–water partition coefficient (Wildman–Crippen LogP) is 2.68. The fraction of sp³-hybridized carbons (Fsp3) is 0.588. The van der Waals surface area contributed by atoms with Gasteiger partial charge in [0.15, 0.2) is 17.5 Å². The third-order valence-corrected chi connectivity index (χ3v) is 3.51. The van der Waals surface area contributed by atoms with Gasteiger partial charge in [0, 0.05) is 19.6 Å². The lowest BCUT2D eigenvalue weighted by Crippen LogP contribution is -2.37. The molecule has 5 heteroatoms. The number of nitrogens with two attached hydrogens (primary N) is 1. The van der Waals surface area contributed by atoms with E-state index in [1.165, 1.54) is 5.56 Å². The molecule has 2 N–H and O–H groups in total. The number of nitrogens with zero attached hydrogens (tertiary/aromatic N) is 2. The lowest BCUT2D eigenvalue weighted by atomic mass is 10.1. The number of ether oxygens (including phenoxy) is 2. The molecule has 0 atom stereocenters. The summed E-state index contributed by atoms with van der Waals surface area (Å²) in [4.78, 5) is 6.49. The number of hydrogen-bond donors (Lipinski definition) is 1. The Morgan fingerprint density at radius 2 is 1.91 bits per heavy atom. The van der Waals surface area contributed by atoms with Gasteiger partial charge in [-0.05, 0) is 51.3 Å². The van der Waals surface area contributed by atoms with Crippen LogP contribution in [0.1, 0.15) is 32.8 Å². The molecule has 1 aromatic rings. The van der Waals surface area contributed by atoms with Gasteiger partial charge in [0.25, 0.3) is 0 Å². The van der Waals surface area contributed by atoms with Crippen molar-refractivity contribution in [1.82, 2.24) is 4.90 Å². The van der Waals surface area contributed by atoms with Gasteiger partial charge in [-0.1, -0.05) is 6.07 Å². The molecule has 0 aromatic heterocycles. The first-order valence-corrected chi connectivity index (χ1v) is 8.00. The summed E-state index contributed by atoms with van der Waals surface area (Å²) in [6.07, 6.45) is 1.90. The van der Waals surface area contributed by atoms with Crippen molar-refractivity contribution in [3.8, 4) is 11.5 Å². The largest absolute Gasteiger partial charge is 0.493 e. The first-order valence-electron chi connectivity index (χ1n) is 8.00. The molecular formula is C17H29N3O2. The van der Waals surface area contributed by atoms with E-state index in [0.717, 1.165) is 44.0 Å². The van der Waals surface area contributed by atoms with Crippen LogP contribution in [0.25, 0.3) is 0 Å². The molecule has 0 spiro atoms. The van der Waals surface area contributed by atoms with Gasteiger partial charge in [0.2, 0.25) is 0 Å². The van der Waals surface area contributed by atoms with Crippen LogP contribution in [0.2, 0.25) is 0 Å². The van der Waals surface area contributed by atoms with E-state index in [1.807, 2.05) is 19.1 Å². The SMILES string of the molecule is CCOc1cc(CCCN=C(N)N(CC)CC)ccc1OC. The molecule has 0 bridgehead atoms. The van der Waals surface area contributed by atoms with E-state index in [0.29, 0.717) is 12.6 Å². The highest BCUT2D eigenvalue weighted by Gasteiger charge is 2.05. The average molecular weight is 307 g/mol. The molecule has 0 aliphatic heterocycles. The fourth-order valence-electron chi connectivity index (χ4n) is 2.27. The number of guanidine groups is 1. The van der Waals surface area contributed by atoms with Crippen LogP contribution in [0.4, 0.5) is 0 Å². The summed E-state index contributed by atoms with van der Waals surface area (Å²) in [6.45, 7) is 9.28. The summed E-state index contributed by atoms with van der Waals surface area (Å²) in [5.74, 6) is 2.21. The van der Waals surface area contributed by atoms with Crippen LogP contribution < -0.4 is 15.2 Å². The predicted molar refractivity (Wildman–Crippen MR) is 91.9 cm³/mol. The molecule has 0 aliphatic rings. The minimum absolute atomic E-state index is 0.629. The van der Waals surface area contributed by atoms with Gasteiger partial charge in [-0.15, -0.1) is 0 Å². The summed E-state index contributed by atoms with van der Waals surface area (Å²) in [6, 6.07) is 6.06. The summed E-state index contributed by atoms with van der Waals surface area (Å²) < 4.78 is 10.9. The summed E-state index contributed by atoms with van der Waals surface area (Å²) in [5.41, 5.74) is 7.18. The zero-order chi connectivity index (χ0) is 16.4. The quantitative estimate of drug-likeness (QED) is 0.433. The number of hydrogen-bond acceptors (Lipinski definition) is 3. The highest BCUT2D eigenvalue weighted by molar-refractivity contribution is 5.77. The smallest absolute Gasteiger partial charge is 0.191 e. The second-order valence-electron chi connectivity index (χ2n) is 4.93. The third kappa shape index (κ3) is 5.47. The summed E-state index contributed by atoms with van der Waals surface area (Å²) in [7, 11) is 1.65. The summed E-state index contributed by atoms with van der Waals surface area (Å²) in [5, 5.41) is 0. The maximum absolute atomic E-state index is 5.96. The van der Waals surface area contributed by atoms with Crippen molar-refractivity contribution < 1.29 is 9.47 Å². The molecule has 0 unspecified atom stereocenters. The van der Waals surface area contributed by atoms with E-state index in [9.17, 15) is 0 Å². The van der Waals surface area contributed by atoms with Crippen molar-refractivity contribution in [2.24, 2.45) is 10.7 Å². The molecule has 0 radical (unpaired) electrons. The van der Waals surface area contributed by atoms with Crippen LogP contribution in [0.3, 0.4) is 0 Å². The van der Waals surface area contributed by atoms with Crippen LogP contribution >= 0.6 is 0 Å². The van der Waals surface area contributed by atoms with E-state index in [2.05, 4.69) is 29.8 Å². The Labute approximate surface area is 134 Å². The van der Waals surface area contributed by atoms with E-state index < -0.39 is 0 Å². The first kappa shape index (κ1) is 18.1. The first-order chi connectivity index (χ1) is 10.7. The van der Waals surface area contributed by atoms with Gasteiger partial charge in [0.1, 0.15) is 0 Å². The molecule has 0 aliphatic carbocycles. The number of methoxy groups -OCH3 is 1. The Morgan fingerprint density at radius 1 is 1.18 bits per heavy atom. The zero-order valence-electron chi connectivity index (χ0n) is 14.3. The monoisotopic (exact) mass is 307 g/mol. The molecule has 124 valence electrons. The van der Waals surface area contributed by atoms with Crippen molar-refractivity contribution in [1.29, 1.82) is 0 Å². The van der Waals surface area contributed by atoms with E-state index in [4.69, 9.17) is 15.2 Å². The maximum Gasteiger partial charge on any atom is 0.191 e. The summed E-state index contributed by atoms with van der Waals surface area (Å²) >= 11 is 0. The van der Waals surface area contributed by atoms with Crippen molar-refractivity contribution in [3.63, 3.8) is 0 Å². The molecule has 1 aromatic carbocycles. The van der Waals surface area contributed by atoms with E-state index in [-0.39, 0.29) is 0 Å². The number of rotatable bonds is 9. The van der Waals surface area contributed by atoms with E-state index >= 15 is 0 Å². The van der Waals surface area contributed by atoms with E-state index in [1.54, 1.807) is 7.11 Å². The maximum atomic E-state index is 5.96. The zero-order valence-corrected chi connectivity index (χ0v) is 14.3. The van der Waals surface area contributed by atoms with Crippen LogP contribution in [0.15, 0.2) is 23.2 Å². The van der Waals surface area contributed by atoms with Crippen molar-refractivity contribution in [2.45, 2.75) is 33.6 Å². The highest BCUT2D eigenvalue weighted by atomic mass is 16.5. The van der Waals surface area contributed by atoms with Gasteiger partial charge in [-0.25, -0.2) is 0 Å². The number of benzene rings is 1. The Hall–Kier alpha value is -1.91. The van der Waals surface area contributed by atoms with Crippen LogP contribution in [0, 0.1) is 0 Å². The van der Waals surface area contributed by atoms with Crippen LogP contribution in [-0.4, -0.2) is 44.2 Å². The third-order valence-electron chi connectivity index (χ3n) is 3.51. The molecule has 0 saturated carbocycles. The second kappa shape index (κ2) is 9.92. The number of aryl methyl sites for hydroxylation is 1. The van der Waals surface area contributed by atoms with Crippen molar-refractivity contribution in [2.75, 3.05) is 33.4 Å².